The monoisotopic (exact) mass is 583 g/mol. The van der Waals surface area contributed by atoms with Gasteiger partial charge in [-0.05, 0) is 65.7 Å². The van der Waals surface area contributed by atoms with Crippen LogP contribution < -0.4 is 16.4 Å². The lowest BCUT2D eigenvalue weighted by Crippen LogP contribution is -2.24. The number of ketones is 1. The summed E-state index contributed by atoms with van der Waals surface area (Å²) >= 11 is 3.07. The highest BCUT2D eigenvalue weighted by atomic mass is 79.9. The molecule has 0 unspecified atom stereocenters. The van der Waals surface area contributed by atoms with Gasteiger partial charge in [-0.1, -0.05) is 19.4 Å². The Balaban J connectivity index is 0.00000410. The van der Waals surface area contributed by atoms with Crippen molar-refractivity contribution in [2.75, 3.05) is 11.9 Å². The fourth-order valence-corrected chi connectivity index (χ4v) is 3.59. The number of aliphatic carboxylic acids is 1. The van der Waals surface area contributed by atoms with E-state index < -0.39 is 11.9 Å². The summed E-state index contributed by atoms with van der Waals surface area (Å²) in [4.78, 5) is 62.8. The number of phenolic OH excluding ortho intramolecular Hbond substituents is 1. The number of carboxylic acid groups (broad SMARTS) is 1. The first-order chi connectivity index (χ1) is 17.5. The van der Waals surface area contributed by atoms with Crippen molar-refractivity contribution in [2.24, 2.45) is 5.73 Å². The molecule has 204 valence electrons. The van der Waals surface area contributed by atoms with Gasteiger partial charge in [0.1, 0.15) is 5.75 Å². The highest BCUT2D eigenvalue weighted by Crippen LogP contribution is 2.25. The largest absolute Gasteiger partial charge is 0.506 e. The quantitative estimate of drug-likeness (QED) is 0.110. The third kappa shape index (κ3) is 16.9. The number of anilines is 1. The number of carboxylic acids is 1. The van der Waals surface area contributed by atoms with Crippen molar-refractivity contribution in [1.82, 2.24) is 5.32 Å². The average molecular weight is 584 g/mol. The Bertz CT molecular complexity index is 975. The summed E-state index contributed by atoms with van der Waals surface area (Å²) in [6.45, 7) is 2.29. The van der Waals surface area contributed by atoms with E-state index in [4.69, 9.17) is 20.4 Å². The van der Waals surface area contributed by atoms with Gasteiger partial charge in [-0.3, -0.25) is 19.2 Å². The fourth-order valence-electron chi connectivity index (χ4n) is 3.19. The Kier molecular flexibility index (Phi) is 18.0. The number of amides is 2. The third-order valence-electron chi connectivity index (χ3n) is 4.94. The molecule has 0 spiro atoms. The number of aromatic hydroxyl groups is 1. The summed E-state index contributed by atoms with van der Waals surface area (Å²) in [7, 11) is 0. The molecule has 1 aromatic carbocycles. The molecular formula is C25H34BrN3O8. The molecule has 11 nitrogen and oxygen atoms in total. The first kappa shape index (κ1) is 33.7. The molecule has 0 saturated carbocycles. The van der Waals surface area contributed by atoms with Gasteiger partial charge in [0.05, 0.1) is 10.2 Å². The van der Waals surface area contributed by atoms with Crippen LogP contribution in [0, 0.1) is 0 Å². The van der Waals surface area contributed by atoms with E-state index in [1.165, 1.54) is 6.07 Å². The molecule has 0 heterocycles. The van der Waals surface area contributed by atoms with Crippen LogP contribution in [-0.2, 0) is 35.2 Å². The summed E-state index contributed by atoms with van der Waals surface area (Å²) in [6.07, 6.45) is 5.37. The maximum Gasteiger partial charge on any atom is 0.373 e. The Labute approximate surface area is 224 Å². The van der Waals surface area contributed by atoms with Gasteiger partial charge in [-0.2, -0.15) is 9.59 Å². The molecule has 12 heteroatoms. The minimum absolute atomic E-state index is 0.000846. The van der Waals surface area contributed by atoms with Gasteiger partial charge in [-0.15, -0.1) is 0 Å². The summed E-state index contributed by atoms with van der Waals surface area (Å²) in [5.41, 5.74) is 7.31. The van der Waals surface area contributed by atoms with Crippen molar-refractivity contribution < 1.29 is 39.0 Å². The molecule has 0 bridgehead atoms. The van der Waals surface area contributed by atoms with Crippen LogP contribution in [0.25, 0.3) is 0 Å². The number of carbonyl (C=O) groups excluding carboxylic acids is 5. The fraction of sp³-hybridized carbons (Fsp3) is 0.480. The Hall–Kier alpha value is -3.34. The van der Waals surface area contributed by atoms with Crippen LogP contribution in [0.4, 0.5) is 5.69 Å². The zero-order valence-electron chi connectivity index (χ0n) is 20.8. The number of carbonyl (C=O) groups is 4. The van der Waals surface area contributed by atoms with Crippen LogP contribution >= 0.6 is 15.9 Å². The van der Waals surface area contributed by atoms with Gasteiger partial charge >= 0.3 is 12.1 Å². The Morgan fingerprint density at radius 2 is 1.76 bits per heavy atom. The van der Waals surface area contributed by atoms with Crippen LogP contribution in [0.15, 0.2) is 28.8 Å². The molecule has 0 radical (unpaired) electrons. The summed E-state index contributed by atoms with van der Waals surface area (Å²) in [5, 5.41) is 23.9. The Morgan fingerprint density at radius 1 is 1.11 bits per heavy atom. The van der Waals surface area contributed by atoms with E-state index in [9.17, 15) is 24.3 Å². The number of rotatable bonds is 16. The molecule has 37 heavy (non-hydrogen) atoms. The number of phenols is 1. The van der Waals surface area contributed by atoms with Crippen molar-refractivity contribution in [3.05, 3.63) is 34.3 Å². The van der Waals surface area contributed by atoms with E-state index in [-0.39, 0.29) is 59.9 Å². The zero-order valence-corrected chi connectivity index (χ0v) is 22.3. The molecule has 1 rings (SSSR count). The maximum atomic E-state index is 12.2. The van der Waals surface area contributed by atoms with Gasteiger partial charge in [0, 0.05) is 37.9 Å². The minimum atomic E-state index is -0.910. The van der Waals surface area contributed by atoms with E-state index in [1.54, 1.807) is 12.1 Å². The van der Waals surface area contributed by atoms with Crippen LogP contribution in [-0.4, -0.2) is 52.5 Å². The lowest BCUT2D eigenvalue weighted by molar-refractivity contribution is -0.191. The Morgan fingerprint density at radius 3 is 2.38 bits per heavy atom. The number of hydrogen-bond donors (Lipinski definition) is 5. The molecular weight excluding hydrogens is 550 g/mol. The number of nitrogens with one attached hydrogen (secondary N) is 2. The third-order valence-corrected chi connectivity index (χ3v) is 5.61. The van der Waals surface area contributed by atoms with Crippen LogP contribution in [0.1, 0.15) is 63.9 Å². The van der Waals surface area contributed by atoms with Crippen molar-refractivity contribution in [3.63, 3.8) is 0 Å². The molecule has 0 saturated heterocycles. The standard InChI is InChI=1S/C24H34BrN3O6.CO2/c1-2-6-17(26)13-16-10-11-21(30)19(14-16)28-22(31)8-5-12-27-23(32)15-18(25)20(29)7-3-4-9-24(33)34;2-1-3/h10-11,14-15,17,30H,2-9,12-13,26H2,1H3,(H,27,32)(H,28,31)(H,33,34);/b18-15-;/t17-;/m1./s1. The van der Waals surface area contributed by atoms with Crippen LogP contribution in [0.3, 0.4) is 0 Å². The number of halogens is 1. The lowest BCUT2D eigenvalue weighted by atomic mass is 10.0. The first-order valence-corrected chi connectivity index (χ1v) is 12.6. The molecule has 0 aliphatic heterocycles. The number of Topliss-reactive ketones (excluding diaryl/α,β-unsaturated/α-hetero) is 1. The number of hydrogen-bond acceptors (Lipinski definition) is 8. The molecule has 0 aromatic heterocycles. The van der Waals surface area contributed by atoms with Crippen molar-refractivity contribution in [2.45, 2.75) is 70.8 Å². The lowest BCUT2D eigenvalue weighted by Gasteiger charge is -2.13. The maximum absolute atomic E-state index is 12.2. The van der Waals surface area contributed by atoms with Gasteiger partial charge in [0.25, 0.3) is 0 Å². The highest BCUT2D eigenvalue weighted by Gasteiger charge is 2.11. The van der Waals surface area contributed by atoms with Gasteiger partial charge in [0.15, 0.2) is 5.78 Å². The van der Waals surface area contributed by atoms with Gasteiger partial charge in [-0.25, -0.2) is 0 Å². The zero-order chi connectivity index (χ0) is 28.2. The van der Waals surface area contributed by atoms with E-state index in [1.807, 2.05) is 0 Å². The summed E-state index contributed by atoms with van der Waals surface area (Å²) in [5.74, 6) is -1.99. The van der Waals surface area contributed by atoms with Crippen molar-refractivity contribution >= 4 is 51.3 Å². The molecule has 0 fully saturated rings. The number of nitrogens with two attached hydrogens (primary N) is 1. The van der Waals surface area contributed by atoms with E-state index in [0.29, 0.717) is 31.4 Å². The first-order valence-electron chi connectivity index (χ1n) is 11.8. The van der Waals surface area contributed by atoms with E-state index in [2.05, 4.69) is 33.5 Å². The second-order valence-electron chi connectivity index (χ2n) is 8.15. The van der Waals surface area contributed by atoms with E-state index >= 15 is 0 Å². The van der Waals surface area contributed by atoms with E-state index in [0.717, 1.165) is 24.5 Å². The second kappa shape index (κ2) is 19.8. The smallest absolute Gasteiger partial charge is 0.373 e. The average Bonchev–Trinajstić information content (AvgIpc) is 2.82. The normalized spacial score (nSPS) is 11.4. The molecule has 1 aromatic rings. The predicted molar refractivity (Wildman–Crippen MR) is 139 cm³/mol. The molecule has 6 N–H and O–H groups in total. The molecule has 2 amide bonds. The minimum Gasteiger partial charge on any atom is -0.506 e. The van der Waals surface area contributed by atoms with Crippen LogP contribution in [0.2, 0.25) is 0 Å². The highest BCUT2D eigenvalue weighted by molar-refractivity contribution is 9.12. The topological polar surface area (TPSA) is 193 Å². The number of allylic oxidation sites excluding steroid dienone is 1. The SMILES string of the molecule is CCC[C@@H](N)Cc1ccc(O)c(NC(=O)CCCNC(=O)/C=C(\Br)C(=O)CCCCC(=O)O)c1.O=C=O. The van der Waals surface area contributed by atoms with Crippen molar-refractivity contribution in [1.29, 1.82) is 0 Å². The van der Waals surface area contributed by atoms with Gasteiger partial charge < -0.3 is 26.6 Å². The molecule has 1 atom stereocenters. The van der Waals surface area contributed by atoms with Crippen molar-refractivity contribution in [3.8, 4) is 5.75 Å². The van der Waals surface area contributed by atoms with Crippen LogP contribution in [0.5, 0.6) is 5.75 Å². The molecule has 0 aliphatic rings. The number of benzene rings is 1. The van der Waals surface area contributed by atoms with Gasteiger partial charge in [0.2, 0.25) is 11.8 Å². The molecule has 0 aliphatic carbocycles. The predicted octanol–water partition coefficient (Wildman–Crippen LogP) is 2.81. The summed E-state index contributed by atoms with van der Waals surface area (Å²) < 4.78 is 0.118. The number of unbranched alkanes of at least 4 members (excludes halogenated alkanes) is 1. The summed E-state index contributed by atoms with van der Waals surface area (Å²) in [6, 6.07) is 5.04. The second-order valence-corrected chi connectivity index (χ2v) is 9.00.